The fourth-order valence-corrected chi connectivity index (χ4v) is 4.06. The number of alkyl carbamates (subject to hydrolysis) is 1. The summed E-state index contributed by atoms with van der Waals surface area (Å²) in [5.41, 5.74) is 4.48. The highest BCUT2D eigenvalue weighted by atomic mass is 16.5. The van der Waals surface area contributed by atoms with Gasteiger partial charge in [0.05, 0.1) is 12.5 Å². The van der Waals surface area contributed by atoms with E-state index in [4.69, 9.17) is 14.6 Å². The Bertz CT molecular complexity index is 960. The highest BCUT2D eigenvalue weighted by molar-refractivity contribution is 5.86. The first-order valence-corrected chi connectivity index (χ1v) is 11.0. The van der Waals surface area contributed by atoms with E-state index < -0.39 is 30.1 Å². The van der Waals surface area contributed by atoms with Gasteiger partial charge in [-0.3, -0.25) is 9.59 Å². The van der Waals surface area contributed by atoms with Gasteiger partial charge in [0.1, 0.15) is 12.6 Å². The Labute approximate surface area is 193 Å². The number of carboxylic acid groups (broad SMARTS) is 1. The Hall–Kier alpha value is -3.39. The molecule has 2 aromatic rings. The first-order valence-electron chi connectivity index (χ1n) is 11.0. The molecule has 1 aliphatic rings. The van der Waals surface area contributed by atoms with Crippen LogP contribution >= 0.6 is 0 Å². The van der Waals surface area contributed by atoms with Crippen LogP contribution in [0.4, 0.5) is 4.79 Å². The summed E-state index contributed by atoms with van der Waals surface area (Å²) < 4.78 is 10.6. The van der Waals surface area contributed by atoms with Gasteiger partial charge in [-0.2, -0.15) is 0 Å². The topological polar surface area (TPSA) is 114 Å². The van der Waals surface area contributed by atoms with Crippen LogP contribution in [0.2, 0.25) is 0 Å². The first kappa shape index (κ1) is 24.3. The van der Waals surface area contributed by atoms with Crippen LogP contribution in [0, 0.1) is 5.92 Å². The van der Waals surface area contributed by atoms with E-state index in [2.05, 4.69) is 22.8 Å². The molecule has 0 radical (unpaired) electrons. The van der Waals surface area contributed by atoms with Crippen LogP contribution in [0.3, 0.4) is 0 Å². The number of methoxy groups -OCH3 is 1. The number of rotatable bonds is 10. The fourth-order valence-electron chi connectivity index (χ4n) is 4.06. The second-order valence-corrected chi connectivity index (χ2v) is 8.39. The Morgan fingerprint density at radius 2 is 1.58 bits per heavy atom. The van der Waals surface area contributed by atoms with Crippen molar-refractivity contribution in [1.82, 2.24) is 10.6 Å². The molecule has 0 heterocycles. The summed E-state index contributed by atoms with van der Waals surface area (Å²) in [6.07, 6.45) is -1.57. The molecular formula is C25H30N2O6. The maximum Gasteiger partial charge on any atom is 0.407 e. The van der Waals surface area contributed by atoms with E-state index >= 15 is 0 Å². The molecule has 0 saturated carbocycles. The van der Waals surface area contributed by atoms with Crippen molar-refractivity contribution in [3.05, 3.63) is 59.7 Å². The molecule has 0 saturated heterocycles. The molecule has 2 aromatic carbocycles. The smallest absolute Gasteiger partial charge is 0.407 e. The molecule has 0 fully saturated rings. The quantitative estimate of drug-likeness (QED) is 0.508. The molecule has 176 valence electrons. The molecule has 1 unspecified atom stereocenters. The number of carbonyl (C=O) groups excluding carboxylic acids is 2. The highest BCUT2D eigenvalue weighted by Crippen LogP contribution is 2.44. The van der Waals surface area contributed by atoms with Crippen LogP contribution in [-0.2, 0) is 19.1 Å². The molecule has 0 aliphatic heterocycles. The summed E-state index contributed by atoms with van der Waals surface area (Å²) in [4.78, 5) is 36.1. The minimum Gasteiger partial charge on any atom is -0.481 e. The monoisotopic (exact) mass is 454 g/mol. The van der Waals surface area contributed by atoms with Crippen molar-refractivity contribution >= 4 is 18.0 Å². The molecule has 8 heteroatoms. The van der Waals surface area contributed by atoms with Crippen LogP contribution in [-0.4, -0.2) is 55.5 Å². The number of fused-ring (bicyclic) bond motifs is 3. The normalized spacial score (nSPS) is 14.2. The average molecular weight is 455 g/mol. The summed E-state index contributed by atoms with van der Waals surface area (Å²) in [6, 6.07) is 15.3. The zero-order valence-electron chi connectivity index (χ0n) is 19.0. The van der Waals surface area contributed by atoms with Crippen LogP contribution < -0.4 is 10.6 Å². The van der Waals surface area contributed by atoms with Crippen LogP contribution in [0.5, 0.6) is 0 Å². The molecule has 3 rings (SSSR count). The van der Waals surface area contributed by atoms with Crippen molar-refractivity contribution in [3.63, 3.8) is 0 Å². The van der Waals surface area contributed by atoms with Gasteiger partial charge in [0.25, 0.3) is 0 Å². The lowest BCUT2D eigenvalue weighted by Crippen LogP contribution is -2.51. The van der Waals surface area contributed by atoms with Crippen LogP contribution in [0.1, 0.15) is 37.3 Å². The lowest BCUT2D eigenvalue weighted by atomic mass is 9.98. The van der Waals surface area contributed by atoms with Gasteiger partial charge in [-0.1, -0.05) is 62.4 Å². The van der Waals surface area contributed by atoms with Gasteiger partial charge in [0, 0.05) is 19.6 Å². The summed E-state index contributed by atoms with van der Waals surface area (Å²) in [5, 5.41) is 14.2. The first-order chi connectivity index (χ1) is 15.8. The summed E-state index contributed by atoms with van der Waals surface area (Å²) in [7, 11) is 1.38. The summed E-state index contributed by atoms with van der Waals surface area (Å²) in [6.45, 7) is 3.78. The van der Waals surface area contributed by atoms with Gasteiger partial charge in [-0.25, -0.2) is 4.79 Å². The lowest BCUT2D eigenvalue weighted by molar-refractivity contribution is -0.140. The number of nitrogens with one attached hydrogen (secondary N) is 2. The highest BCUT2D eigenvalue weighted by Gasteiger charge is 2.30. The van der Waals surface area contributed by atoms with E-state index in [0.717, 1.165) is 22.3 Å². The fraction of sp³-hybridized carbons (Fsp3) is 0.400. The molecule has 8 nitrogen and oxygen atoms in total. The van der Waals surface area contributed by atoms with Crippen molar-refractivity contribution in [2.45, 2.75) is 38.3 Å². The van der Waals surface area contributed by atoms with Crippen LogP contribution in [0.15, 0.2) is 48.5 Å². The predicted octanol–water partition coefficient (Wildman–Crippen LogP) is 3.16. The average Bonchev–Trinajstić information content (AvgIpc) is 3.12. The van der Waals surface area contributed by atoms with E-state index in [1.165, 1.54) is 7.11 Å². The number of ether oxygens (including phenoxy) is 2. The number of carbonyl (C=O) groups is 3. The largest absolute Gasteiger partial charge is 0.481 e. The van der Waals surface area contributed by atoms with Crippen molar-refractivity contribution < 1.29 is 29.0 Å². The minimum absolute atomic E-state index is 0.0250. The Morgan fingerprint density at radius 3 is 2.09 bits per heavy atom. The maximum atomic E-state index is 12.6. The molecule has 0 aromatic heterocycles. The zero-order valence-corrected chi connectivity index (χ0v) is 19.0. The molecular weight excluding hydrogens is 424 g/mol. The van der Waals surface area contributed by atoms with Crippen molar-refractivity contribution in [2.24, 2.45) is 5.92 Å². The second-order valence-electron chi connectivity index (χ2n) is 8.39. The molecule has 33 heavy (non-hydrogen) atoms. The SMILES string of the molecule is COC(CNC(=O)[C@@H](NC(=O)OCC1c2ccccc2-c2ccccc21)C(C)C)CC(=O)O. The van der Waals surface area contributed by atoms with E-state index in [0.29, 0.717) is 0 Å². The predicted molar refractivity (Wildman–Crippen MR) is 123 cm³/mol. The maximum absolute atomic E-state index is 12.6. The number of benzene rings is 2. The Morgan fingerprint density at radius 1 is 1.00 bits per heavy atom. The second kappa shape index (κ2) is 11.0. The third kappa shape index (κ3) is 5.90. The molecule has 1 aliphatic carbocycles. The molecule has 0 bridgehead atoms. The summed E-state index contributed by atoms with van der Waals surface area (Å²) in [5.74, 6) is -1.72. The molecule has 0 spiro atoms. The molecule has 3 N–H and O–H groups in total. The van der Waals surface area contributed by atoms with Gasteiger partial charge in [-0.05, 0) is 28.2 Å². The number of carboxylic acids is 1. The summed E-state index contributed by atoms with van der Waals surface area (Å²) >= 11 is 0. The lowest BCUT2D eigenvalue weighted by Gasteiger charge is -2.23. The van der Waals surface area contributed by atoms with E-state index in [9.17, 15) is 14.4 Å². The van der Waals surface area contributed by atoms with Gasteiger partial charge >= 0.3 is 12.1 Å². The third-order valence-electron chi connectivity index (χ3n) is 5.81. The Balaban J connectivity index is 1.59. The standard InChI is InChI=1S/C25H30N2O6/c1-15(2)23(24(30)26-13-16(32-3)12-22(28)29)27-25(31)33-14-21-19-10-6-4-8-17(19)18-9-5-7-11-20(18)21/h4-11,15-16,21,23H,12-14H2,1-3H3,(H,26,30)(H,27,31)(H,28,29)/t16?,23-/m0/s1. The van der Waals surface area contributed by atoms with Crippen molar-refractivity contribution in [3.8, 4) is 11.1 Å². The number of aliphatic carboxylic acids is 1. The van der Waals surface area contributed by atoms with E-state index in [-0.39, 0.29) is 31.4 Å². The zero-order chi connectivity index (χ0) is 24.0. The van der Waals surface area contributed by atoms with Crippen molar-refractivity contribution in [1.29, 1.82) is 0 Å². The third-order valence-corrected chi connectivity index (χ3v) is 5.81. The van der Waals surface area contributed by atoms with Gasteiger partial charge < -0.3 is 25.2 Å². The van der Waals surface area contributed by atoms with Crippen LogP contribution in [0.25, 0.3) is 11.1 Å². The molecule has 2 atom stereocenters. The van der Waals surface area contributed by atoms with Gasteiger partial charge in [0.15, 0.2) is 0 Å². The number of amides is 2. The number of hydrogen-bond donors (Lipinski definition) is 3. The minimum atomic E-state index is -1.02. The number of hydrogen-bond acceptors (Lipinski definition) is 5. The molecule has 2 amide bonds. The van der Waals surface area contributed by atoms with E-state index in [1.807, 2.05) is 36.4 Å². The van der Waals surface area contributed by atoms with Crippen molar-refractivity contribution in [2.75, 3.05) is 20.3 Å². The van der Waals surface area contributed by atoms with E-state index in [1.54, 1.807) is 13.8 Å². The Kier molecular flexibility index (Phi) is 8.06. The van der Waals surface area contributed by atoms with Gasteiger partial charge in [-0.15, -0.1) is 0 Å². The van der Waals surface area contributed by atoms with Gasteiger partial charge in [0.2, 0.25) is 5.91 Å².